The topological polar surface area (TPSA) is 107 Å². The molecule has 0 aliphatic heterocycles. The first-order valence-electron chi connectivity index (χ1n) is 8.55. The summed E-state index contributed by atoms with van der Waals surface area (Å²) in [6.07, 6.45) is 1.54. The summed E-state index contributed by atoms with van der Waals surface area (Å²) in [5, 5.41) is 9.82. The van der Waals surface area contributed by atoms with E-state index in [1.165, 1.54) is 50.3 Å². The Bertz CT molecular complexity index is 1120. The smallest absolute Gasteiger partial charge is 0.274 e. The lowest BCUT2D eigenvalue weighted by atomic mass is 10.1. The normalized spacial score (nSPS) is 10.4. The van der Waals surface area contributed by atoms with E-state index in [2.05, 4.69) is 36.6 Å². The number of nitrogens with zero attached hydrogens (tertiary/aromatic N) is 3. The second-order valence-electron chi connectivity index (χ2n) is 5.86. The van der Waals surface area contributed by atoms with E-state index < -0.39 is 11.8 Å². The number of benzene rings is 1. The monoisotopic (exact) mass is 493 g/mol. The molecule has 156 valence electrons. The molecule has 0 saturated heterocycles. The van der Waals surface area contributed by atoms with Crippen molar-refractivity contribution in [1.29, 1.82) is 0 Å². The van der Waals surface area contributed by atoms with Crippen LogP contribution in [0.3, 0.4) is 0 Å². The van der Waals surface area contributed by atoms with Crippen LogP contribution < -0.4 is 20.1 Å². The predicted octanol–water partition coefficient (Wildman–Crippen LogP) is 3.31. The van der Waals surface area contributed by atoms with Gasteiger partial charge in [0.2, 0.25) is 0 Å². The summed E-state index contributed by atoms with van der Waals surface area (Å²) in [7, 11) is 4.40. The maximum Gasteiger partial charge on any atom is 0.274 e. The van der Waals surface area contributed by atoms with Gasteiger partial charge in [0.25, 0.3) is 11.8 Å². The van der Waals surface area contributed by atoms with Gasteiger partial charge in [0.05, 0.1) is 30.5 Å². The molecule has 0 saturated carbocycles. The molecule has 0 radical (unpaired) electrons. The molecule has 2 amide bonds. The zero-order chi connectivity index (χ0) is 21.8. The molecular weight excluding hydrogens is 478 g/mol. The molecule has 0 aliphatic rings. The summed E-state index contributed by atoms with van der Waals surface area (Å²) in [5.41, 5.74) is 0.581. The van der Waals surface area contributed by atoms with Crippen molar-refractivity contribution in [3.63, 3.8) is 0 Å². The van der Waals surface area contributed by atoms with Crippen LogP contribution in [0, 0.1) is 0 Å². The Morgan fingerprint density at radius 2 is 1.83 bits per heavy atom. The molecule has 9 nitrogen and oxygen atoms in total. The number of anilines is 1. The highest BCUT2D eigenvalue weighted by molar-refractivity contribution is 9.10. The largest absolute Gasteiger partial charge is 0.493 e. The molecule has 3 aromatic rings. The van der Waals surface area contributed by atoms with Gasteiger partial charge in [-0.1, -0.05) is 11.6 Å². The number of aromatic nitrogens is 3. The Labute approximate surface area is 185 Å². The number of hydrogen-bond acceptors (Lipinski definition) is 6. The first-order valence-corrected chi connectivity index (χ1v) is 9.72. The Hall–Kier alpha value is -3.11. The van der Waals surface area contributed by atoms with Gasteiger partial charge in [0.1, 0.15) is 10.3 Å². The minimum atomic E-state index is -0.535. The fourth-order valence-electron chi connectivity index (χ4n) is 2.70. The van der Waals surface area contributed by atoms with Crippen molar-refractivity contribution in [2.45, 2.75) is 0 Å². The van der Waals surface area contributed by atoms with Crippen LogP contribution in [0.15, 0.2) is 41.1 Å². The summed E-state index contributed by atoms with van der Waals surface area (Å²) in [5.74, 6) is 0.0416. The fourth-order valence-corrected chi connectivity index (χ4v) is 3.28. The SMILES string of the molecule is CNC(=O)c1cc(OC)c(OC)cc1NC(=O)c1cc(Br)nn1-c1ncccc1Cl. The van der Waals surface area contributed by atoms with Crippen molar-refractivity contribution in [3.8, 4) is 17.3 Å². The van der Waals surface area contributed by atoms with Crippen LogP contribution in [0.5, 0.6) is 11.5 Å². The van der Waals surface area contributed by atoms with E-state index in [4.69, 9.17) is 21.1 Å². The van der Waals surface area contributed by atoms with E-state index in [-0.39, 0.29) is 22.8 Å². The molecule has 2 N–H and O–H groups in total. The van der Waals surface area contributed by atoms with Crippen molar-refractivity contribution in [2.75, 3.05) is 26.6 Å². The Morgan fingerprint density at radius 1 is 1.13 bits per heavy atom. The molecular formula is C19H17BrClN5O4. The van der Waals surface area contributed by atoms with Gasteiger partial charge < -0.3 is 20.1 Å². The quantitative estimate of drug-likeness (QED) is 0.544. The average Bonchev–Trinajstić information content (AvgIpc) is 3.14. The molecule has 0 unspecified atom stereocenters. The number of pyridine rings is 1. The van der Waals surface area contributed by atoms with Crippen LogP contribution in [0.2, 0.25) is 5.02 Å². The maximum atomic E-state index is 13.1. The van der Waals surface area contributed by atoms with Gasteiger partial charge in [0, 0.05) is 25.4 Å². The molecule has 1 aromatic carbocycles. The number of halogens is 2. The van der Waals surface area contributed by atoms with Gasteiger partial charge >= 0.3 is 0 Å². The van der Waals surface area contributed by atoms with Gasteiger partial charge in [-0.15, -0.1) is 0 Å². The summed E-state index contributed by atoms with van der Waals surface area (Å²) in [6, 6.07) is 7.81. The molecule has 2 heterocycles. The standard InChI is InChI=1S/C19H17BrClN5O4/c1-22-18(27)10-7-14(29-2)15(30-3)8-12(10)24-19(28)13-9-16(20)25-26(13)17-11(21)5-4-6-23-17/h4-9H,1-3H3,(H,22,27)(H,24,28). The van der Waals surface area contributed by atoms with Crippen LogP contribution in [0.1, 0.15) is 20.8 Å². The first kappa shape index (κ1) is 21.6. The highest BCUT2D eigenvalue weighted by atomic mass is 79.9. The van der Waals surface area contributed by atoms with E-state index in [1.54, 1.807) is 12.1 Å². The zero-order valence-electron chi connectivity index (χ0n) is 16.2. The third-order valence-electron chi connectivity index (χ3n) is 4.10. The van der Waals surface area contributed by atoms with E-state index in [9.17, 15) is 9.59 Å². The third-order valence-corrected chi connectivity index (χ3v) is 4.78. The first-order chi connectivity index (χ1) is 14.4. The number of amides is 2. The number of nitrogens with one attached hydrogen (secondary N) is 2. The molecule has 30 heavy (non-hydrogen) atoms. The van der Waals surface area contributed by atoms with Gasteiger partial charge in [-0.05, 0) is 34.1 Å². The molecule has 3 rings (SSSR count). The van der Waals surface area contributed by atoms with Gasteiger partial charge in [-0.3, -0.25) is 9.59 Å². The summed E-state index contributed by atoms with van der Waals surface area (Å²) in [6.45, 7) is 0. The lowest BCUT2D eigenvalue weighted by Crippen LogP contribution is -2.23. The Balaban J connectivity index is 2.05. The minimum Gasteiger partial charge on any atom is -0.493 e. The summed E-state index contributed by atoms with van der Waals surface area (Å²) >= 11 is 9.48. The van der Waals surface area contributed by atoms with Crippen LogP contribution >= 0.6 is 27.5 Å². The average molecular weight is 495 g/mol. The van der Waals surface area contributed by atoms with Crippen LogP contribution in [-0.2, 0) is 0 Å². The lowest BCUT2D eigenvalue weighted by Gasteiger charge is -2.15. The minimum absolute atomic E-state index is 0.153. The summed E-state index contributed by atoms with van der Waals surface area (Å²) < 4.78 is 12.3. The second-order valence-corrected chi connectivity index (χ2v) is 7.08. The highest BCUT2D eigenvalue weighted by Gasteiger charge is 2.22. The van der Waals surface area contributed by atoms with E-state index in [0.717, 1.165) is 0 Å². The van der Waals surface area contributed by atoms with E-state index >= 15 is 0 Å². The Morgan fingerprint density at radius 3 is 2.47 bits per heavy atom. The van der Waals surface area contributed by atoms with Crippen molar-refractivity contribution in [3.05, 3.63) is 57.4 Å². The number of ether oxygens (including phenoxy) is 2. The molecule has 2 aromatic heterocycles. The highest BCUT2D eigenvalue weighted by Crippen LogP contribution is 2.34. The lowest BCUT2D eigenvalue weighted by molar-refractivity contribution is 0.0963. The van der Waals surface area contributed by atoms with E-state index in [0.29, 0.717) is 21.1 Å². The maximum absolute atomic E-state index is 13.1. The van der Waals surface area contributed by atoms with Crippen LogP contribution in [0.25, 0.3) is 5.82 Å². The van der Waals surface area contributed by atoms with Gasteiger partial charge in [0.15, 0.2) is 17.3 Å². The predicted molar refractivity (Wildman–Crippen MR) is 115 cm³/mol. The molecule has 0 aliphatic carbocycles. The molecule has 0 bridgehead atoms. The van der Waals surface area contributed by atoms with Crippen molar-refractivity contribution in [1.82, 2.24) is 20.1 Å². The molecule has 0 spiro atoms. The fraction of sp³-hybridized carbons (Fsp3) is 0.158. The van der Waals surface area contributed by atoms with Gasteiger partial charge in [-0.2, -0.15) is 5.10 Å². The van der Waals surface area contributed by atoms with Crippen molar-refractivity contribution >= 4 is 45.0 Å². The molecule has 11 heteroatoms. The van der Waals surface area contributed by atoms with Crippen molar-refractivity contribution < 1.29 is 19.1 Å². The second kappa shape index (κ2) is 9.14. The number of carbonyl (C=O) groups excluding carboxylic acids is 2. The van der Waals surface area contributed by atoms with Gasteiger partial charge in [-0.25, -0.2) is 9.67 Å². The molecule has 0 atom stereocenters. The van der Waals surface area contributed by atoms with Crippen LogP contribution in [0.4, 0.5) is 5.69 Å². The number of carbonyl (C=O) groups is 2. The number of methoxy groups -OCH3 is 2. The van der Waals surface area contributed by atoms with E-state index in [1.807, 2.05) is 0 Å². The zero-order valence-corrected chi connectivity index (χ0v) is 18.5. The Kier molecular flexibility index (Phi) is 6.58. The summed E-state index contributed by atoms with van der Waals surface area (Å²) in [4.78, 5) is 29.6. The van der Waals surface area contributed by atoms with Crippen molar-refractivity contribution in [2.24, 2.45) is 0 Å². The number of hydrogen-bond donors (Lipinski definition) is 2. The number of rotatable bonds is 6. The van der Waals surface area contributed by atoms with Crippen LogP contribution in [-0.4, -0.2) is 47.8 Å². The molecule has 0 fully saturated rings. The third kappa shape index (κ3) is 4.24.